The molecule has 1 heterocycles. The number of hydrogen-bond donors (Lipinski definition) is 1. The van der Waals surface area contributed by atoms with Crippen LogP contribution in [0.15, 0.2) is 42.5 Å². The molecule has 140 valence electrons. The summed E-state index contributed by atoms with van der Waals surface area (Å²) in [6.07, 6.45) is 2.22. The molecule has 0 spiro atoms. The second-order valence-corrected chi connectivity index (χ2v) is 7.20. The van der Waals surface area contributed by atoms with Gasteiger partial charge in [-0.3, -0.25) is 0 Å². The molecular formula is C22H23NO4. The van der Waals surface area contributed by atoms with Crippen molar-refractivity contribution in [2.75, 3.05) is 13.7 Å². The van der Waals surface area contributed by atoms with Crippen LogP contribution in [0.4, 0.5) is 0 Å². The Morgan fingerprint density at radius 2 is 1.85 bits per heavy atom. The molecular weight excluding hydrogens is 342 g/mol. The van der Waals surface area contributed by atoms with E-state index in [-0.39, 0.29) is 11.1 Å². The number of carbonyl (C=O) groups excluding carboxylic acids is 2. The smallest absolute Gasteiger partial charge is 0.344 e. The first kappa shape index (κ1) is 17.7. The van der Waals surface area contributed by atoms with Gasteiger partial charge >= 0.3 is 11.9 Å². The van der Waals surface area contributed by atoms with Crippen molar-refractivity contribution in [1.29, 1.82) is 0 Å². The largest absolute Gasteiger partial charge is 0.465 e. The lowest BCUT2D eigenvalue weighted by Crippen LogP contribution is -2.57. The number of rotatable bonds is 4. The van der Waals surface area contributed by atoms with Crippen LogP contribution in [0.1, 0.15) is 51.1 Å². The van der Waals surface area contributed by atoms with Gasteiger partial charge in [-0.1, -0.05) is 31.5 Å². The third kappa shape index (κ3) is 3.12. The summed E-state index contributed by atoms with van der Waals surface area (Å²) in [5.41, 5.74) is 3.03. The van der Waals surface area contributed by atoms with Crippen LogP contribution >= 0.6 is 0 Å². The summed E-state index contributed by atoms with van der Waals surface area (Å²) >= 11 is 0. The Labute approximate surface area is 158 Å². The number of methoxy groups -OCH3 is 1. The Morgan fingerprint density at radius 3 is 2.48 bits per heavy atom. The Balaban J connectivity index is 1.58. The van der Waals surface area contributed by atoms with Crippen LogP contribution in [0.5, 0.6) is 5.75 Å². The highest BCUT2D eigenvalue weighted by Crippen LogP contribution is 2.42. The highest BCUT2D eigenvalue weighted by molar-refractivity contribution is 6.03. The number of nitrogens with one attached hydrogen (secondary N) is 1. The fourth-order valence-corrected chi connectivity index (χ4v) is 4.26. The third-order valence-corrected chi connectivity index (χ3v) is 5.80. The average molecular weight is 365 g/mol. The fraction of sp³-hybridized carbons (Fsp3) is 0.364. The highest BCUT2D eigenvalue weighted by atomic mass is 16.5. The molecule has 0 aromatic heterocycles. The zero-order valence-electron chi connectivity index (χ0n) is 15.5. The quantitative estimate of drug-likeness (QED) is 0.665. The number of fused-ring (bicyclic) bond motifs is 3. The van der Waals surface area contributed by atoms with E-state index in [2.05, 4.69) is 18.3 Å². The Hall–Kier alpha value is -2.66. The molecule has 4 rings (SSSR count). The summed E-state index contributed by atoms with van der Waals surface area (Å²) in [6.45, 7) is 3.21. The molecule has 0 saturated carbocycles. The van der Waals surface area contributed by atoms with Gasteiger partial charge in [0, 0.05) is 18.5 Å². The lowest BCUT2D eigenvalue weighted by atomic mass is 9.68. The van der Waals surface area contributed by atoms with E-state index >= 15 is 0 Å². The third-order valence-electron chi connectivity index (χ3n) is 5.80. The van der Waals surface area contributed by atoms with Gasteiger partial charge in [-0.25, -0.2) is 9.59 Å². The van der Waals surface area contributed by atoms with Gasteiger partial charge in [0.2, 0.25) is 0 Å². The van der Waals surface area contributed by atoms with Crippen LogP contribution in [0.2, 0.25) is 0 Å². The van der Waals surface area contributed by atoms with E-state index in [1.54, 1.807) is 24.3 Å². The zero-order chi connectivity index (χ0) is 19.0. The number of esters is 2. The van der Waals surface area contributed by atoms with Crippen molar-refractivity contribution in [2.45, 2.75) is 31.7 Å². The van der Waals surface area contributed by atoms with Crippen molar-refractivity contribution in [3.63, 3.8) is 0 Å². The topological polar surface area (TPSA) is 64.6 Å². The number of benzene rings is 2. The maximum Gasteiger partial charge on any atom is 0.344 e. The van der Waals surface area contributed by atoms with Crippen LogP contribution in [-0.4, -0.2) is 31.6 Å². The van der Waals surface area contributed by atoms with E-state index in [4.69, 9.17) is 9.47 Å². The van der Waals surface area contributed by atoms with Crippen molar-refractivity contribution in [3.8, 4) is 5.75 Å². The second-order valence-electron chi connectivity index (χ2n) is 7.20. The van der Waals surface area contributed by atoms with Crippen LogP contribution in [-0.2, 0) is 11.2 Å². The van der Waals surface area contributed by atoms with Gasteiger partial charge in [0.25, 0.3) is 0 Å². The predicted octanol–water partition coefficient (Wildman–Crippen LogP) is 3.33. The maximum absolute atomic E-state index is 12.6. The SMILES string of the molecule is CC[C@H]1Cc2ccc(OC(=O)c3ccccc3C(=O)OC)cc2[C@H]2CN[C@@H]12. The second kappa shape index (κ2) is 7.16. The molecule has 27 heavy (non-hydrogen) atoms. The summed E-state index contributed by atoms with van der Waals surface area (Å²) in [5.74, 6) is 0.554. The van der Waals surface area contributed by atoms with Gasteiger partial charge in [0.15, 0.2) is 0 Å². The van der Waals surface area contributed by atoms with Crippen LogP contribution < -0.4 is 10.1 Å². The minimum Gasteiger partial charge on any atom is -0.465 e. The van der Waals surface area contributed by atoms with Crippen LogP contribution in [0.25, 0.3) is 0 Å². The number of ether oxygens (including phenoxy) is 2. The fourth-order valence-electron chi connectivity index (χ4n) is 4.26. The van der Waals surface area contributed by atoms with E-state index in [1.807, 2.05) is 12.1 Å². The minimum absolute atomic E-state index is 0.205. The molecule has 0 bridgehead atoms. The van der Waals surface area contributed by atoms with Gasteiger partial charge in [0.05, 0.1) is 18.2 Å². The summed E-state index contributed by atoms with van der Waals surface area (Å²) in [5, 5.41) is 3.54. The van der Waals surface area contributed by atoms with E-state index in [9.17, 15) is 9.59 Å². The normalized spacial score (nSPS) is 22.8. The number of carbonyl (C=O) groups is 2. The molecule has 0 radical (unpaired) electrons. The van der Waals surface area contributed by atoms with Gasteiger partial charge in [-0.15, -0.1) is 0 Å². The first-order valence-corrected chi connectivity index (χ1v) is 9.38. The van der Waals surface area contributed by atoms with E-state index in [0.717, 1.165) is 19.4 Å². The first-order chi connectivity index (χ1) is 13.1. The summed E-state index contributed by atoms with van der Waals surface area (Å²) in [4.78, 5) is 24.5. The molecule has 1 fully saturated rings. The minimum atomic E-state index is -0.554. The van der Waals surface area contributed by atoms with Crippen LogP contribution in [0.3, 0.4) is 0 Å². The molecule has 1 aliphatic heterocycles. The van der Waals surface area contributed by atoms with Crippen LogP contribution in [0, 0.1) is 5.92 Å². The predicted molar refractivity (Wildman–Crippen MR) is 101 cm³/mol. The van der Waals surface area contributed by atoms with Crippen molar-refractivity contribution < 1.29 is 19.1 Å². The number of hydrogen-bond acceptors (Lipinski definition) is 5. The molecule has 2 aliphatic rings. The van der Waals surface area contributed by atoms with Crippen molar-refractivity contribution in [2.24, 2.45) is 5.92 Å². The lowest BCUT2D eigenvalue weighted by Gasteiger charge is -2.48. The van der Waals surface area contributed by atoms with Gasteiger partial charge in [-0.05, 0) is 47.7 Å². The van der Waals surface area contributed by atoms with Crippen molar-refractivity contribution in [1.82, 2.24) is 5.32 Å². The zero-order valence-corrected chi connectivity index (χ0v) is 15.5. The molecule has 1 saturated heterocycles. The van der Waals surface area contributed by atoms with E-state index in [1.165, 1.54) is 18.2 Å². The summed E-state index contributed by atoms with van der Waals surface area (Å²) < 4.78 is 10.3. The molecule has 2 aromatic carbocycles. The average Bonchev–Trinajstić information content (AvgIpc) is 2.67. The molecule has 5 nitrogen and oxygen atoms in total. The molecule has 2 aromatic rings. The van der Waals surface area contributed by atoms with E-state index in [0.29, 0.717) is 23.6 Å². The highest BCUT2D eigenvalue weighted by Gasteiger charge is 2.41. The Bertz CT molecular complexity index is 892. The first-order valence-electron chi connectivity index (χ1n) is 9.38. The maximum atomic E-state index is 12.6. The lowest BCUT2D eigenvalue weighted by molar-refractivity contribution is 0.0587. The van der Waals surface area contributed by atoms with E-state index < -0.39 is 11.9 Å². The standard InChI is InChI=1S/C22H23NO4/c1-3-13-10-14-8-9-15(11-18(14)19-12-23-20(13)19)27-22(25)17-7-5-4-6-16(17)21(24)26-2/h4-9,11,13,19-20,23H,3,10,12H2,1-2H3/t13-,19+,20-/m0/s1. The summed E-state index contributed by atoms with van der Waals surface area (Å²) in [7, 11) is 1.29. The Kier molecular flexibility index (Phi) is 4.70. The van der Waals surface area contributed by atoms with Crippen molar-refractivity contribution >= 4 is 11.9 Å². The Morgan fingerprint density at radius 1 is 1.11 bits per heavy atom. The summed E-state index contributed by atoms with van der Waals surface area (Å²) in [6, 6.07) is 12.9. The molecule has 5 heteroatoms. The van der Waals surface area contributed by atoms with Gasteiger partial charge in [0.1, 0.15) is 5.75 Å². The van der Waals surface area contributed by atoms with Gasteiger partial charge in [-0.2, -0.15) is 0 Å². The van der Waals surface area contributed by atoms with Gasteiger partial charge < -0.3 is 14.8 Å². The monoisotopic (exact) mass is 365 g/mol. The molecule has 3 atom stereocenters. The molecule has 0 amide bonds. The molecule has 0 unspecified atom stereocenters. The molecule has 1 N–H and O–H groups in total. The van der Waals surface area contributed by atoms with Crippen molar-refractivity contribution in [3.05, 3.63) is 64.7 Å². The molecule has 1 aliphatic carbocycles.